The number of benzene rings is 1. The Hall–Kier alpha value is -2.24. The molecule has 2 aromatic rings. The topological polar surface area (TPSA) is 72.7 Å². The third-order valence-corrected chi connectivity index (χ3v) is 3.95. The lowest BCUT2D eigenvalue weighted by molar-refractivity contribution is -0.122. The van der Waals surface area contributed by atoms with E-state index in [4.69, 9.17) is 0 Å². The highest BCUT2D eigenvalue weighted by Crippen LogP contribution is 2.17. The molecule has 1 aromatic heterocycles. The van der Waals surface area contributed by atoms with E-state index in [0.717, 1.165) is 24.0 Å². The fourth-order valence-corrected chi connectivity index (χ4v) is 2.60. The molecular formula is C18H27N5O. The lowest BCUT2D eigenvalue weighted by Gasteiger charge is -2.14. The van der Waals surface area contributed by atoms with Crippen molar-refractivity contribution in [1.82, 2.24) is 25.5 Å². The number of nitrogens with zero attached hydrogens (tertiary/aromatic N) is 4. The monoisotopic (exact) mass is 329 g/mol. The molecule has 2 rings (SSSR count). The first-order valence-electron chi connectivity index (χ1n) is 8.59. The highest BCUT2D eigenvalue weighted by Gasteiger charge is 2.12. The van der Waals surface area contributed by atoms with Crippen LogP contribution in [0.25, 0.3) is 11.4 Å². The van der Waals surface area contributed by atoms with E-state index in [1.807, 2.05) is 38.1 Å². The molecule has 1 amide bonds. The molecular weight excluding hydrogens is 302 g/mol. The van der Waals surface area contributed by atoms with E-state index in [2.05, 4.69) is 34.6 Å². The van der Waals surface area contributed by atoms with Crippen LogP contribution in [0.4, 0.5) is 0 Å². The van der Waals surface area contributed by atoms with E-state index in [1.54, 1.807) is 0 Å². The Morgan fingerprint density at radius 3 is 2.67 bits per heavy atom. The molecule has 0 saturated heterocycles. The molecule has 0 saturated carbocycles. The van der Waals surface area contributed by atoms with Crippen LogP contribution in [-0.4, -0.2) is 32.2 Å². The Morgan fingerprint density at radius 2 is 1.96 bits per heavy atom. The van der Waals surface area contributed by atoms with Gasteiger partial charge in [-0.1, -0.05) is 51.0 Å². The van der Waals surface area contributed by atoms with Gasteiger partial charge in [-0.25, -0.2) is 0 Å². The van der Waals surface area contributed by atoms with Gasteiger partial charge >= 0.3 is 0 Å². The lowest BCUT2D eigenvalue weighted by atomic mass is 10.0. The van der Waals surface area contributed by atoms with Crippen molar-refractivity contribution in [1.29, 1.82) is 0 Å². The van der Waals surface area contributed by atoms with E-state index in [-0.39, 0.29) is 18.5 Å². The van der Waals surface area contributed by atoms with Crippen molar-refractivity contribution in [3.63, 3.8) is 0 Å². The van der Waals surface area contributed by atoms with Gasteiger partial charge in [0.05, 0.1) is 0 Å². The molecule has 6 heteroatoms. The molecule has 6 nitrogen and oxygen atoms in total. The molecule has 1 atom stereocenters. The zero-order chi connectivity index (χ0) is 17.5. The van der Waals surface area contributed by atoms with Crippen molar-refractivity contribution in [3.8, 4) is 11.4 Å². The Kier molecular flexibility index (Phi) is 6.46. The molecule has 0 fully saturated rings. The van der Waals surface area contributed by atoms with Crippen molar-refractivity contribution >= 4 is 5.91 Å². The summed E-state index contributed by atoms with van der Waals surface area (Å²) in [4.78, 5) is 13.4. The van der Waals surface area contributed by atoms with Crippen LogP contribution < -0.4 is 5.32 Å². The molecule has 0 unspecified atom stereocenters. The maximum absolute atomic E-state index is 12.1. The van der Waals surface area contributed by atoms with Crippen LogP contribution in [0.15, 0.2) is 24.3 Å². The summed E-state index contributed by atoms with van der Waals surface area (Å²) in [6.07, 6.45) is 3.30. The van der Waals surface area contributed by atoms with E-state index < -0.39 is 0 Å². The van der Waals surface area contributed by atoms with Gasteiger partial charge in [0, 0.05) is 11.6 Å². The molecule has 130 valence electrons. The number of aryl methyl sites for hydroxylation is 1. The van der Waals surface area contributed by atoms with Gasteiger partial charge in [0.15, 0.2) is 0 Å². The standard InChI is InChI=1S/C18H27N5O/c1-13(2)8-7-10-15(4)19-17(24)12-23-21-18(20-22-23)16-11-6-5-9-14(16)3/h5-6,9,11,13,15H,7-8,10,12H2,1-4H3,(H,19,24)/t15-/m0/s1. The number of nitrogens with one attached hydrogen (secondary N) is 1. The molecule has 1 heterocycles. The van der Waals surface area contributed by atoms with Crippen LogP contribution in [0.2, 0.25) is 0 Å². The molecule has 0 bridgehead atoms. The molecule has 0 aliphatic rings. The van der Waals surface area contributed by atoms with Gasteiger partial charge in [0.2, 0.25) is 11.7 Å². The smallest absolute Gasteiger partial charge is 0.243 e. The SMILES string of the molecule is Cc1ccccc1-c1nnn(CC(=O)N[C@@H](C)CCCC(C)C)n1. The third-order valence-electron chi connectivity index (χ3n) is 3.95. The van der Waals surface area contributed by atoms with E-state index >= 15 is 0 Å². The first-order valence-corrected chi connectivity index (χ1v) is 8.59. The minimum Gasteiger partial charge on any atom is -0.352 e. The quantitative estimate of drug-likeness (QED) is 0.808. The normalized spacial score (nSPS) is 12.4. The van der Waals surface area contributed by atoms with Gasteiger partial charge in [-0.3, -0.25) is 4.79 Å². The van der Waals surface area contributed by atoms with Crippen molar-refractivity contribution in [2.75, 3.05) is 0 Å². The number of rotatable bonds is 8. The second kappa shape index (κ2) is 8.57. The Labute approximate surface area is 143 Å². The van der Waals surface area contributed by atoms with Crippen LogP contribution in [-0.2, 0) is 11.3 Å². The number of aromatic nitrogens is 4. The summed E-state index contributed by atoms with van der Waals surface area (Å²) in [7, 11) is 0. The molecule has 0 radical (unpaired) electrons. The Bertz CT molecular complexity index is 665. The number of amides is 1. The maximum atomic E-state index is 12.1. The summed E-state index contributed by atoms with van der Waals surface area (Å²) in [6.45, 7) is 8.55. The number of hydrogen-bond acceptors (Lipinski definition) is 4. The second-order valence-corrected chi connectivity index (χ2v) is 6.75. The third kappa shape index (κ3) is 5.44. The van der Waals surface area contributed by atoms with Gasteiger partial charge in [-0.2, -0.15) is 4.80 Å². The maximum Gasteiger partial charge on any atom is 0.243 e. The van der Waals surface area contributed by atoms with Crippen molar-refractivity contribution in [2.24, 2.45) is 5.92 Å². The predicted molar refractivity (Wildman–Crippen MR) is 94.3 cm³/mol. The van der Waals surface area contributed by atoms with E-state index in [0.29, 0.717) is 11.7 Å². The summed E-state index contributed by atoms with van der Waals surface area (Å²) < 4.78 is 0. The van der Waals surface area contributed by atoms with Crippen LogP contribution in [0.5, 0.6) is 0 Å². The largest absolute Gasteiger partial charge is 0.352 e. The first kappa shape index (κ1) is 18.1. The predicted octanol–water partition coefficient (Wildman–Crippen LogP) is 2.98. The Balaban J connectivity index is 1.86. The molecule has 1 N–H and O–H groups in total. The highest BCUT2D eigenvalue weighted by atomic mass is 16.2. The zero-order valence-corrected chi connectivity index (χ0v) is 15.0. The zero-order valence-electron chi connectivity index (χ0n) is 15.0. The van der Waals surface area contributed by atoms with Gasteiger partial charge in [-0.05, 0) is 37.0 Å². The minimum atomic E-state index is -0.0826. The average Bonchev–Trinajstić information content (AvgIpc) is 2.95. The summed E-state index contributed by atoms with van der Waals surface area (Å²) >= 11 is 0. The fraction of sp³-hybridized carbons (Fsp3) is 0.556. The average molecular weight is 329 g/mol. The van der Waals surface area contributed by atoms with Crippen LogP contribution >= 0.6 is 0 Å². The molecule has 1 aromatic carbocycles. The molecule has 24 heavy (non-hydrogen) atoms. The molecule has 0 aliphatic carbocycles. The van der Waals surface area contributed by atoms with E-state index in [1.165, 1.54) is 11.2 Å². The Morgan fingerprint density at radius 1 is 1.21 bits per heavy atom. The highest BCUT2D eigenvalue weighted by molar-refractivity contribution is 5.75. The fourth-order valence-electron chi connectivity index (χ4n) is 2.60. The first-order chi connectivity index (χ1) is 11.5. The molecule has 0 spiro atoms. The van der Waals surface area contributed by atoms with E-state index in [9.17, 15) is 4.79 Å². The van der Waals surface area contributed by atoms with Crippen molar-refractivity contribution in [2.45, 2.75) is 59.5 Å². The van der Waals surface area contributed by atoms with Crippen LogP contribution in [0, 0.1) is 12.8 Å². The van der Waals surface area contributed by atoms with Gasteiger partial charge < -0.3 is 5.32 Å². The summed E-state index contributed by atoms with van der Waals surface area (Å²) in [5.74, 6) is 1.17. The van der Waals surface area contributed by atoms with Gasteiger partial charge in [0.25, 0.3) is 0 Å². The molecule has 0 aliphatic heterocycles. The van der Waals surface area contributed by atoms with Crippen molar-refractivity contribution in [3.05, 3.63) is 29.8 Å². The van der Waals surface area contributed by atoms with Crippen molar-refractivity contribution < 1.29 is 4.79 Å². The minimum absolute atomic E-state index is 0.0826. The van der Waals surface area contributed by atoms with Gasteiger partial charge in [-0.15, -0.1) is 10.2 Å². The summed E-state index contributed by atoms with van der Waals surface area (Å²) in [6, 6.07) is 8.02. The van der Waals surface area contributed by atoms with Crippen LogP contribution in [0.3, 0.4) is 0 Å². The number of carbonyl (C=O) groups excluding carboxylic acids is 1. The lowest BCUT2D eigenvalue weighted by Crippen LogP contribution is -2.35. The number of tetrazole rings is 1. The second-order valence-electron chi connectivity index (χ2n) is 6.75. The van der Waals surface area contributed by atoms with Crippen LogP contribution in [0.1, 0.15) is 45.6 Å². The number of carbonyl (C=O) groups is 1. The summed E-state index contributed by atoms with van der Waals surface area (Å²) in [5, 5.41) is 15.3. The number of hydrogen-bond donors (Lipinski definition) is 1. The summed E-state index contributed by atoms with van der Waals surface area (Å²) in [5.41, 5.74) is 2.02. The van der Waals surface area contributed by atoms with Gasteiger partial charge in [0.1, 0.15) is 6.54 Å².